The number of nitrogens with zero attached hydrogens (tertiary/aromatic N) is 2. The summed E-state index contributed by atoms with van der Waals surface area (Å²) in [5.41, 5.74) is 0. The van der Waals surface area contributed by atoms with Crippen molar-refractivity contribution < 1.29 is 22.3 Å². The lowest BCUT2D eigenvalue weighted by atomic mass is 10.1. The summed E-state index contributed by atoms with van der Waals surface area (Å²) in [6.45, 7) is 2.44. The van der Waals surface area contributed by atoms with Gasteiger partial charge < -0.3 is 9.47 Å². The molecule has 0 saturated carbocycles. The number of benzene rings is 1. The van der Waals surface area contributed by atoms with Crippen LogP contribution in [0.2, 0.25) is 0 Å². The first-order valence-corrected chi connectivity index (χ1v) is 9.21. The molecule has 1 aromatic rings. The van der Waals surface area contributed by atoms with Crippen molar-refractivity contribution in [1.29, 1.82) is 0 Å². The van der Waals surface area contributed by atoms with Crippen LogP contribution in [0.4, 0.5) is 4.39 Å². The van der Waals surface area contributed by atoms with Crippen LogP contribution in [0.15, 0.2) is 24.3 Å². The number of piperidine rings is 1. The summed E-state index contributed by atoms with van der Waals surface area (Å²) in [6, 6.07) is 6.27. The van der Waals surface area contributed by atoms with Gasteiger partial charge in [0.1, 0.15) is 6.10 Å². The van der Waals surface area contributed by atoms with Crippen molar-refractivity contribution in [3.63, 3.8) is 0 Å². The summed E-state index contributed by atoms with van der Waals surface area (Å²) >= 11 is 0. The fourth-order valence-electron chi connectivity index (χ4n) is 2.84. The Labute approximate surface area is 136 Å². The van der Waals surface area contributed by atoms with Crippen molar-refractivity contribution >= 4 is 10.2 Å². The summed E-state index contributed by atoms with van der Waals surface area (Å²) in [5.74, 6) is -0.169. The fraction of sp³-hybridized carbons (Fsp3) is 0.600. The maximum atomic E-state index is 13.6. The molecule has 3 rings (SSSR count). The van der Waals surface area contributed by atoms with Crippen molar-refractivity contribution in [3.05, 3.63) is 30.1 Å². The summed E-state index contributed by atoms with van der Waals surface area (Å²) in [6.07, 6.45) is 0.943. The number of halogens is 1. The zero-order valence-electron chi connectivity index (χ0n) is 12.9. The van der Waals surface area contributed by atoms with Gasteiger partial charge in [-0.15, -0.1) is 0 Å². The number of morpholine rings is 1. The number of ether oxygens (including phenoxy) is 2. The van der Waals surface area contributed by atoms with E-state index in [0.717, 1.165) is 0 Å². The maximum absolute atomic E-state index is 13.6. The number of rotatable bonds is 4. The van der Waals surface area contributed by atoms with Gasteiger partial charge in [0.25, 0.3) is 10.2 Å². The van der Waals surface area contributed by atoms with Crippen LogP contribution in [-0.4, -0.2) is 62.5 Å². The van der Waals surface area contributed by atoms with Crippen LogP contribution in [0, 0.1) is 5.82 Å². The molecule has 0 unspecified atom stereocenters. The molecule has 23 heavy (non-hydrogen) atoms. The van der Waals surface area contributed by atoms with Gasteiger partial charge in [-0.1, -0.05) is 12.1 Å². The van der Waals surface area contributed by atoms with E-state index in [1.54, 1.807) is 18.2 Å². The predicted octanol–water partition coefficient (Wildman–Crippen LogP) is 1.25. The first kappa shape index (κ1) is 16.6. The molecule has 0 atom stereocenters. The van der Waals surface area contributed by atoms with Gasteiger partial charge in [-0.05, 0) is 25.0 Å². The molecular weight excluding hydrogens is 323 g/mol. The molecule has 2 aliphatic rings. The molecule has 2 saturated heterocycles. The van der Waals surface area contributed by atoms with Crippen LogP contribution in [0.3, 0.4) is 0 Å². The highest BCUT2D eigenvalue weighted by Gasteiger charge is 2.34. The second-order valence-corrected chi connectivity index (χ2v) is 7.59. The van der Waals surface area contributed by atoms with Crippen LogP contribution in [0.5, 0.6) is 5.75 Å². The number of hydrogen-bond donors (Lipinski definition) is 0. The normalized spacial score (nSPS) is 22.1. The number of para-hydroxylation sites is 1. The third-order valence-electron chi connectivity index (χ3n) is 4.15. The third-order valence-corrected chi connectivity index (χ3v) is 6.19. The molecule has 2 aliphatic heterocycles. The van der Waals surface area contributed by atoms with Gasteiger partial charge in [-0.2, -0.15) is 17.0 Å². The minimum absolute atomic E-state index is 0.164. The molecule has 0 aliphatic carbocycles. The second kappa shape index (κ2) is 7.12. The van der Waals surface area contributed by atoms with E-state index in [-0.39, 0.29) is 11.9 Å². The van der Waals surface area contributed by atoms with Gasteiger partial charge >= 0.3 is 0 Å². The monoisotopic (exact) mass is 344 g/mol. The smallest absolute Gasteiger partial charge is 0.282 e. The van der Waals surface area contributed by atoms with E-state index in [9.17, 15) is 12.8 Å². The summed E-state index contributed by atoms with van der Waals surface area (Å²) in [4.78, 5) is 0. The molecular formula is C15H21FN2O4S. The molecule has 2 heterocycles. The van der Waals surface area contributed by atoms with Gasteiger partial charge in [0.2, 0.25) is 0 Å². The van der Waals surface area contributed by atoms with E-state index in [1.165, 1.54) is 14.7 Å². The first-order chi connectivity index (χ1) is 11.1. The highest BCUT2D eigenvalue weighted by atomic mass is 32.2. The van der Waals surface area contributed by atoms with Crippen molar-refractivity contribution in [2.75, 3.05) is 39.4 Å². The zero-order valence-corrected chi connectivity index (χ0v) is 13.7. The second-order valence-electron chi connectivity index (χ2n) is 5.67. The van der Waals surface area contributed by atoms with E-state index in [0.29, 0.717) is 52.2 Å². The molecule has 0 spiro atoms. The average Bonchev–Trinajstić information content (AvgIpc) is 2.58. The SMILES string of the molecule is O=S(=O)(N1CCOCC1)N1CCC(Oc2ccccc2F)CC1. The van der Waals surface area contributed by atoms with Gasteiger partial charge in [0, 0.05) is 26.2 Å². The highest BCUT2D eigenvalue weighted by Crippen LogP contribution is 2.23. The van der Waals surface area contributed by atoms with Crippen molar-refractivity contribution in [2.45, 2.75) is 18.9 Å². The van der Waals surface area contributed by atoms with E-state index < -0.39 is 16.0 Å². The zero-order chi connectivity index (χ0) is 16.3. The molecule has 0 N–H and O–H groups in total. The van der Waals surface area contributed by atoms with Gasteiger partial charge in [-0.3, -0.25) is 0 Å². The van der Waals surface area contributed by atoms with Crippen molar-refractivity contribution in [3.8, 4) is 5.75 Å². The van der Waals surface area contributed by atoms with Gasteiger partial charge in [0.15, 0.2) is 11.6 Å². The Kier molecular flexibility index (Phi) is 5.15. The summed E-state index contributed by atoms with van der Waals surface area (Å²) in [5, 5.41) is 0. The topological polar surface area (TPSA) is 59.1 Å². The summed E-state index contributed by atoms with van der Waals surface area (Å²) in [7, 11) is -3.43. The first-order valence-electron chi connectivity index (χ1n) is 7.81. The van der Waals surface area contributed by atoms with Crippen LogP contribution in [0.25, 0.3) is 0 Å². The standard InChI is InChI=1S/C15H21FN2O4S/c16-14-3-1-2-4-15(14)22-13-5-7-17(8-6-13)23(19,20)18-9-11-21-12-10-18/h1-4,13H,5-12H2. The van der Waals surface area contributed by atoms with Gasteiger partial charge in [0.05, 0.1) is 13.2 Å². The lowest BCUT2D eigenvalue weighted by Crippen LogP contribution is -2.51. The van der Waals surface area contributed by atoms with Crippen molar-refractivity contribution in [2.24, 2.45) is 0 Å². The summed E-state index contributed by atoms with van der Waals surface area (Å²) < 4.78 is 52.5. The maximum Gasteiger partial charge on any atom is 0.282 e. The molecule has 8 heteroatoms. The highest BCUT2D eigenvalue weighted by molar-refractivity contribution is 7.86. The van der Waals surface area contributed by atoms with Crippen LogP contribution in [-0.2, 0) is 14.9 Å². The molecule has 0 amide bonds. The Bertz CT molecular complexity index is 626. The lowest BCUT2D eigenvalue weighted by Gasteiger charge is -2.36. The Morgan fingerprint density at radius 1 is 1.04 bits per heavy atom. The largest absolute Gasteiger partial charge is 0.487 e. The van der Waals surface area contributed by atoms with Crippen LogP contribution < -0.4 is 4.74 Å². The third kappa shape index (κ3) is 3.82. The molecule has 1 aromatic carbocycles. The van der Waals surface area contributed by atoms with E-state index >= 15 is 0 Å². The molecule has 0 bridgehead atoms. The molecule has 0 aromatic heterocycles. The van der Waals surface area contributed by atoms with E-state index in [2.05, 4.69) is 0 Å². The molecule has 2 fully saturated rings. The van der Waals surface area contributed by atoms with Crippen LogP contribution >= 0.6 is 0 Å². The average molecular weight is 344 g/mol. The van der Waals surface area contributed by atoms with Crippen LogP contribution in [0.1, 0.15) is 12.8 Å². The fourth-order valence-corrected chi connectivity index (χ4v) is 4.45. The Balaban J connectivity index is 1.57. The molecule has 6 nitrogen and oxygen atoms in total. The number of hydrogen-bond acceptors (Lipinski definition) is 4. The molecule has 128 valence electrons. The Morgan fingerprint density at radius 3 is 2.30 bits per heavy atom. The quantitative estimate of drug-likeness (QED) is 0.825. The minimum Gasteiger partial charge on any atom is -0.487 e. The minimum atomic E-state index is -3.43. The van der Waals surface area contributed by atoms with E-state index in [4.69, 9.17) is 9.47 Å². The van der Waals surface area contributed by atoms with Gasteiger partial charge in [-0.25, -0.2) is 4.39 Å². The van der Waals surface area contributed by atoms with E-state index in [1.807, 2.05) is 0 Å². The van der Waals surface area contributed by atoms with Crippen molar-refractivity contribution in [1.82, 2.24) is 8.61 Å². The Morgan fingerprint density at radius 2 is 1.65 bits per heavy atom. The molecule has 0 radical (unpaired) electrons. The lowest BCUT2D eigenvalue weighted by molar-refractivity contribution is 0.0675. The Hall–Kier alpha value is -1.22. The predicted molar refractivity (Wildman–Crippen MR) is 82.9 cm³/mol.